The molecule has 4 aromatic rings. The molecule has 0 aliphatic rings. The fourth-order valence-corrected chi connectivity index (χ4v) is 6.00. The third kappa shape index (κ3) is 5.82. The number of carbonyl (C=O) groups is 1. The maximum Gasteiger partial charge on any atom is 0.337 e. The van der Waals surface area contributed by atoms with Crippen molar-refractivity contribution in [2.24, 2.45) is 0 Å². The summed E-state index contributed by atoms with van der Waals surface area (Å²) in [7, 11) is -4.07. The quantitative estimate of drug-likeness (QED) is 0.262. The molecule has 0 saturated heterocycles. The number of carboxylic acids is 1. The zero-order valence-electron chi connectivity index (χ0n) is 23.3. The van der Waals surface area contributed by atoms with Crippen LogP contribution in [0, 0.1) is 27.7 Å². The van der Waals surface area contributed by atoms with E-state index in [0.717, 1.165) is 22.1 Å². The fraction of sp³-hybridized carbons (Fsp3) is 0.290. The molecule has 0 aliphatic heterocycles. The van der Waals surface area contributed by atoms with E-state index in [0.29, 0.717) is 27.8 Å². The van der Waals surface area contributed by atoms with Gasteiger partial charge in [-0.15, -0.1) is 0 Å². The normalized spacial score (nSPS) is 12.9. The van der Waals surface area contributed by atoms with E-state index in [1.54, 1.807) is 58.9 Å². The minimum atomic E-state index is -4.07. The van der Waals surface area contributed by atoms with E-state index in [4.69, 9.17) is 4.74 Å². The molecule has 0 bridgehead atoms. The lowest BCUT2D eigenvalue weighted by Crippen LogP contribution is -2.29. The number of nitrogens with zero attached hydrogens (tertiary/aromatic N) is 1. The summed E-state index contributed by atoms with van der Waals surface area (Å²) in [6.45, 7) is 12.8. The molecule has 3 aromatic carbocycles. The van der Waals surface area contributed by atoms with Crippen LogP contribution in [0.25, 0.3) is 21.9 Å². The van der Waals surface area contributed by atoms with Gasteiger partial charge in [0.05, 0.1) is 10.5 Å². The van der Waals surface area contributed by atoms with E-state index in [9.17, 15) is 18.3 Å². The summed E-state index contributed by atoms with van der Waals surface area (Å²) >= 11 is 0. The first kappa shape index (κ1) is 28.3. The van der Waals surface area contributed by atoms with Gasteiger partial charge in [-0.3, -0.25) is 4.72 Å². The molecule has 0 radical (unpaired) electrons. The number of pyridine rings is 1. The van der Waals surface area contributed by atoms with Crippen molar-refractivity contribution in [2.75, 3.05) is 4.72 Å². The smallest absolute Gasteiger partial charge is 0.337 e. The van der Waals surface area contributed by atoms with Gasteiger partial charge in [-0.05, 0) is 82.2 Å². The minimum Gasteiger partial charge on any atom is -0.479 e. The highest BCUT2D eigenvalue weighted by Crippen LogP contribution is 2.40. The van der Waals surface area contributed by atoms with Crippen molar-refractivity contribution in [2.45, 2.75) is 65.1 Å². The van der Waals surface area contributed by atoms with Crippen LogP contribution in [-0.4, -0.2) is 30.1 Å². The van der Waals surface area contributed by atoms with Crippen molar-refractivity contribution in [3.8, 4) is 11.1 Å². The topological polar surface area (TPSA) is 106 Å². The highest BCUT2D eigenvalue weighted by Gasteiger charge is 2.33. The van der Waals surface area contributed by atoms with Gasteiger partial charge >= 0.3 is 5.97 Å². The monoisotopic (exact) mass is 546 g/mol. The first-order valence-electron chi connectivity index (χ1n) is 12.7. The SMILES string of the molecule is Cc1ccc(-c2c(C)nc(NS(=O)(=O)c3cccc4ccccc34)c(C)c2C(OC(C)(C)C)C(=O)O)cc1C. The first-order valence-corrected chi connectivity index (χ1v) is 14.2. The molecule has 7 nitrogen and oxygen atoms in total. The van der Waals surface area contributed by atoms with Crippen LogP contribution in [0.3, 0.4) is 0 Å². The van der Waals surface area contributed by atoms with Crippen molar-refractivity contribution >= 4 is 32.6 Å². The van der Waals surface area contributed by atoms with Gasteiger partial charge in [0, 0.05) is 22.2 Å². The number of sulfonamides is 1. The molecule has 4 rings (SSSR count). The molecule has 39 heavy (non-hydrogen) atoms. The highest BCUT2D eigenvalue weighted by atomic mass is 32.2. The second kappa shape index (κ2) is 10.4. The molecule has 0 spiro atoms. The summed E-state index contributed by atoms with van der Waals surface area (Å²) < 4.78 is 36.0. The van der Waals surface area contributed by atoms with Crippen molar-refractivity contribution in [3.63, 3.8) is 0 Å². The lowest BCUT2D eigenvalue weighted by atomic mass is 9.90. The van der Waals surface area contributed by atoms with Gasteiger partial charge in [-0.2, -0.15) is 0 Å². The van der Waals surface area contributed by atoms with Crippen LogP contribution < -0.4 is 4.72 Å². The van der Waals surface area contributed by atoms with Gasteiger partial charge < -0.3 is 9.84 Å². The Balaban J connectivity index is 1.96. The van der Waals surface area contributed by atoms with Crippen LogP contribution >= 0.6 is 0 Å². The highest BCUT2D eigenvalue weighted by molar-refractivity contribution is 7.93. The Morgan fingerprint density at radius 1 is 0.949 bits per heavy atom. The minimum absolute atomic E-state index is 0.0618. The maximum atomic E-state index is 13.7. The Labute approximate surface area is 229 Å². The van der Waals surface area contributed by atoms with Crippen molar-refractivity contribution in [1.82, 2.24) is 4.98 Å². The van der Waals surface area contributed by atoms with E-state index in [-0.39, 0.29) is 10.7 Å². The Morgan fingerprint density at radius 2 is 1.62 bits per heavy atom. The number of carboxylic acid groups (broad SMARTS) is 1. The first-order chi connectivity index (χ1) is 18.2. The number of aryl methyl sites for hydroxylation is 3. The van der Waals surface area contributed by atoms with Gasteiger partial charge in [0.25, 0.3) is 10.0 Å². The van der Waals surface area contributed by atoms with Crippen LogP contribution in [0.5, 0.6) is 0 Å². The largest absolute Gasteiger partial charge is 0.479 e. The van der Waals surface area contributed by atoms with Crippen LogP contribution in [0.1, 0.15) is 54.8 Å². The van der Waals surface area contributed by atoms with E-state index < -0.39 is 27.7 Å². The summed E-state index contributed by atoms with van der Waals surface area (Å²) in [6, 6.07) is 18.2. The number of hydrogen-bond donors (Lipinski definition) is 2. The molecule has 1 unspecified atom stereocenters. The summed E-state index contributed by atoms with van der Waals surface area (Å²) in [5.74, 6) is -1.11. The number of hydrogen-bond acceptors (Lipinski definition) is 5. The Hall–Kier alpha value is -3.75. The summed E-state index contributed by atoms with van der Waals surface area (Å²) in [5.41, 5.74) is 3.99. The zero-order chi connectivity index (χ0) is 28.7. The summed E-state index contributed by atoms with van der Waals surface area (Å²) in [6.07, 6.45) is -1.36. The molecule has 2 N–H and O–H groups in total. The Morgan fingerprint density at radius 3 is 2.26 bits per heavy atom. The fourth-order valence-electron chi connectivity index (χ4n) is 4.70. The number of anilines is 1. The molecule has 1 atom stereocenters. The van der Waals surface area contributed by atoms with Crippen LogP contribution in [0.15, 0.2) is 65.6 Å². The predicted octanol–water partition coefficient (Wildman–Crippen LogP) is 6.88. The lowest BCUT2D eigenvalue weighted by molar-refractivity contribution is -0.160. The van der Waals surface area contributed by atoms with E-state index in [2.05, 4.69) is 9.71 Å². The lowest BCUT2D eigenvalue weighted by Gasteiger charge is -2.29. The van der Waals surface area contributed by atoms with Gasteiger partial charge in [-0.1, -0.05) is 54.6 Å². The maximum absolute atomic E-state index is 13.7. The predicted molar refractivity (Wildman–Crippen MR) is 155 cm³/mol. The Bertz CT molecular complexity index is 1680. The number of aromatic nitrogens is 1. The average molecular weight is 547 g/mol. The van der Waals surface area contributed by atoms with Gasteiger partial charge in [0.2, 0.25) is 0 Å². The molecule has 204 valence electrons. The standard InChI is InChI=1S/C31H34N2O5S/c1-18-15-16-23(17-19(18)2)27-21(4)32-29(20(3)26(27)28(30(34)35)38-31(5,6)7)33-39(36,37)25-14-10-12-22-11-8-9-13-24(22)25/h8-17,28H,1-7H3,(H,32,33)(H,34,35). The van der Waals surface area contributed by atoms with Crippen LogP contribution in [0.4, 0.5) is 5.82 Å². The van der Waals surface area contributed by atoms with E-state index in [1.807, 2.05) is 50.2 Å². The number of fused-ring (bicyclic) bond motifs is 1. The number of nitrogens with one attached hydrogen (secondary N) is 1. The van der Waals surface area contributed by atoms with Crippen molar-refractivity contribution in [3.05, 3.63) is 88.6 Å². The summed E-state index contributed by atoms with van der Waals surface area (Å²) in [5, 5.41) is 11.7. The van der Waals surface area contributed by atoms with Gasteiger partial charge in [0.15, 0.2) is 6.10 Å². The third-order valence-electron chi connectivity index (χ3n) is 6.69. The molecule has 0 fully saturated rings. The molecule has 1 aromatic heterocycles. The second-order valence-corrected chi connectivity index (χ2v) is 12.4. The van der Waals surface area contributed by atoms with Crippen LogP contribution in [-0.2, 0) is 19.6 Å². The molecular weight excluding hydrogens is 512 g/mol. The molecule has 0 aliphatic carbocycles. The van der Waals surface area contributed by atoms with Gasteiger partial charge in [-0.25, -0.2) is 18.2 Å². The van der Waals surface area contributed by atoms with E-state index >= 15 is 0 Å². The molecular formula is C31H34N2O5S. The number of rotatable bonds is 7. The number of benzene rings is 3. The van der Waals surface area contributed by atoms with Gasteiger partial charge in [0.1, 0.15) is 5.82 Å². The van der Waals surface area contributed by atoms with Crippen LogP contribution in [0.2, 0.25) is 0 Å². The third-order valence-corrected chi connectivity index (χ3v) is 8.09. The van der Waals surface area contributed by atoms with Crippen molar-refractivity contribution < 1.29 is 23.1 Å². The molecule has 0 saturated carbocycles. The molecule has 0 amide bonds. The van der Waals surface area contributed by atoms with Crippen molar-refractivity contribution in [1.29, 1.82) is 0 Å². The number of aliphatic carboxylic acids is 1. The zero-order valence-corrected chi connectivity index (χ0v) is 24.1. The summed E-state index contributed by atoms with van der Waals surface area (Å²) in [4.78, 5) is 17.4. The molecule has 8 heteroatoms. The average Bonchev–Trinajstić information content (AvgIpc) is 2.85. The second-order valence-electron chi connectivity index (χ2n) is 10.8. The molecule has 1 heterocycles. The Kier molecular flexibility index (Phi) is 7.56. The van der Waals surface area contributed by atoms with E-state index in [1.165, 1.54) is 0 Å². The number of ether oxygens (including phenoxy) is 1.